The van der Waals surface area contributed by atoms with Crippen molar-refractivity contribution in [1.82, 2.24) is 0 Å². The van der Waals surface area contributed by atoms with Crippen molar-refractivity contribution in [3.05, 3.63) is 64.4 Å². The van der Waals surface area contributed by atoms with Gasteiger partial charge in [0.2, 0.25) is 0 Å². The highest BCUT2D eigenvalue weighted by Gasteiger charge is 2.07. The molecule has 2 aromatic rings. The Hall–Kier alpha value is -1.54. The maximum absolute atomic E-state index is 13.1. The number of rotatable bonds is 6. The van der Waals surface area contributed by atoms with E-state index in [1.807, 2.05) is 0 Å². The van der Waals surface area contributed by atoms with Crippen molar-refractivity contribution in [1.29, 1.82) is 0 Å². The highest BCUT2D eigenvalue weighted by molar-refractivity contribution is 6.31. The Labute approximate surface area is 131 Å². The van der Waals surface area contributed by atoms with Gasteiger partial charge in [0.15, 0.2) is 0 Å². The van der Waals surface area contributed by atoms with Crippen LogP contribution in [0.5, 0.6) is 0 Å². The molecular weight excluding hydrogens is 285 g/mol. The molecule has 0 aliphatic rings. The van der Waals surface area contributed by atoms with E-state index in [4.69, 9.17) is 11.6 Å². The monoisotopic (exact) mass is 305 g/mol. The van der Waals surface area contributed by atoms with Crippen LogP contribution in [0.2, 0.25) is 5.02 Å². The summed E-state index contributed by atoms with van der Waals surface area (Å²) < 4.78 is 13.1. The molecule has 0 aromatic heterocycles. The molecule has 0 bridgehead atoms. The fourth-order valence-electron chi connectivity index (χ4n) is 2.27. The van der Waals surface area contributed by atoms with Crippen LogP contribution in [0.25, 0.3) is 0 Å². The summed E-state index contributed by atoms with van der Waals surface area (Å²) in [4.78, 5) is 0. The van der Waals surface area contributed by atoms with Crippen molar-refractivity contribution in [2.24, 2.45) is 0 Å². The molecule has 21 heavy (non-hydrogen) atoms. The Morgan fingerprint density at radius 2 is 1.86 bits per heavy atom. The number of aryl methyl sites for hydroxylation is 1. The van der Waals surface area contributed by atoms with Gasteiger partial charge in [-0.05, 0) is 49.1 Å². The van der Waals surface area contributed by atoms with Crippen molar-refractivity contribution in [3.63, 3.8) is 0 Å². The molecular formula is C18H21ClFN. The van der Waals surface area contributed by atoms with E-state index in [2.05, 4.69) is 43.4 Å². The lowest BCUT2D eigenvalue weighted by Crippen LogP contribution is -2.06. The second-order valence-electron chi connectivity index (χ2n) is 5.34. The van der Waals surface area contributed by atoms with Crippen molar-refractivity contribution in [3.8, 4) is 0 Å². The van der Waals surface area contributed by atoms with Gasteiger partial charge < -0.3 is 5.32 Å². The summed E-state index contributed by atoms with van der Waals surface area (Å²) >= 11 is 5.80. The number of anilines is 1. The topological polar surface area (TPSA) is 12.0 Å². The van der Waals surface area contributed by atoms with E-state index in [1.165, 1.54) is 30.0 Å². The van der Waals surface area contributed by atoms with Crippen LogP contribution in [-0.2, 0) is 6.42 Å². The highest BCUT2D eigenvalue weighted by atomic mass is 35.5. The van der Waals surface area contributed by atoms with Gasteiger partial charge in [-0.15, -0.1) is 0 Å². The largest absolute Gasteiger partial charge is 0.378 e. The summed E-state index contributed by atoms with van der Waals surface area (Å²) in [5.74, 6) is -0.393. The Balaban J connectivity index is 2.02. The normalized spacial score (nSPS) is 12.2. The first-order chi connectivity index (χ1) is 10.1. The SMILES string of the molecule is CCCCc1ccc(C(C)Nc2ccc(F)c(Cl)c2)cc1. The van der Waals surface area contributed by atoms with Gasteiger partial charge in [-0.3, -0.25) is 0 Å². The molecule has 0 aliphatic heterocycles. The second-order valence-corrected chi connectivity index (χ2v) is 5.75. The average molecular weight is 306 g/mol. The van der Waals surface area contributed by atoms with Gasteiger partial charge in [0.1, 0.15) is 5.82 Å². The summed E-state index contributed by atoms with van der Waals surface area (Å²) in [5, 5.41) is 3.48. The summed E-state index contributed by atoms with van der Waals surface area (Å²) in [6.07, 6.45) is 3.57. The minimum Gasteiger partial charge on any atom is -0.378 e. The first-order valence-corrected chi connectivity index (χ1v) is 7.78. The molecule has 0 aliphatic carbocycles. The Morgan fingerprint density at radius 3 is 2.48 bits per heavy atom. The Morgan fingerprint density at radius 1 is 1.14 bits per heavy atom. The van der Waals surface area contributed by atoms with Gasteiger partial charge in [0.05, 0.1) is 5.02 Å². The minimum atomic E-state index is -0.393. The van der Waals surface area contributed by atoms with E-state index < -0.39 is 5.82 Å². The van der Waals surface area contributed by atoms with Gasteiger partial charge >= 0.3 is 0 Å². The molecule has 3 heteroatoms. The van der Waals surface area contributed by atoms with Gasteiger partial charge in [0.25, 0.3) is 0 Å². The van der Waals surface area contributed by atoms with Gasteiger partial charge in [-0.1, -0.05) is 49.2 Å². The van der Waals surface area contributed by atoms with E-state index in [-0.39, 0.29) is 11.1 Å². The first kappa shape index (κ1) is 15.8. The number of nitrogens with one attached hydrogen (secondary N) is 1. The molecule has 112 valence electrons. The molecule has 0 radical (unpaired) electrons. The van der Waals surface area contributed by atoms with Crippen LogP contribution in [0.1, 0.15) is 43.9 Å². The van der Waals surface area contributed by atoms with Crippen LogP contribution in [0.15, 0.2) is 42.5 Å². The van der Waals surface area contributed by atoms with E-state index in [0.717, 1.165) is 12.1 Å². The van der Waals surface area contributed by atoms with Crippen molar-refractivity contribution in [2.75, 3.05) is 5.32 Å². The molecule has 1 nitrogen and oxygen atoms in total. The maximum Gasteiger partial charge on any atom is 0.141 e. The molecule has 2 aromatic carbocycles. The number of hydrogen-bond acceptors (Lipinski definition) is 1. The Kier molecular flexibility index (Phi) is 5.63. The standard InChI is InChI=1S/C18H21ClFN/c1-3-4-5-14-6-8-15(9-7-14)13(2)21-16-10-11-18(20)17(19)12-16/h6-13,21H,3-5H2,1-2H3. The van der Waals surface area contributed by atoms with Crippen LogP contribution < -0.4 is 5.32 Å². The lowest BCUT2D eigenvalue weighted by Gasteiger charge is -2.16. The molecule has 0 saturated heterocycles. The third-order valence-corrected chi connectivity index (χ3v) is 3.89. The predicted molar refractivity (Wildman–Crippen MR) is 88.5 cm³/mol. The molecule has 0 saturated carbocycles. The molecule has 1 atom stereocenters. The van der Waals surface area contributed by atoms with E-state index in [0.29, 0.717) is 0 Å². The zero-order valence-electron chi connectivity index (χ0n) is 12.5. The van der Waals surface area contributed by atoms with Crippen LogP contribution in [0, 0.1) is 5.82 Å². The van der Waals surface area contributed by atoms with Gasteiger partial charge in [-0.25, -0.2) is 4.39 Å². The van der Waals surface area contributed by atoms with Crippen LogP contribution >= 0.6 is 11.6 Å². The van der Waals surface area contributed by atoms with Crippen molar-refractivity contribution in [2.45, 2.75) is 39.2 Å². The third-order valence-electron chi connectivity index (χ3n) is 3.60. The fraction of sp³-hybridized carbons (Fsp3) is 0.333. The van der Waals surface area contributed by atoms with Crippen LogP contribution in [0.3, 0.4) is 0 Å². The van der Waals surface area contributed by atoms with Gasteiger partial charge in [0, 0.05) is 11.7 Å². The zero-order chi connectivity index (χ0) is 15.2. The van der Waals surface area contributed by atoms with Crippen molar-refractivity contribution >= 4 is 17.3 Å². The third kappa shape index (κ3) is 4.47. The van der Waals surface area contributed by atoms with Crippen LogP contribution in [0.4, 0.5) is 10.1 Å². The van der Waals surface area contributed by atoms with Gasteiger partial charge in [-0.2, -0.15) is 0 Å². The predicted octanol–water partition coefficient (Wildman–Crippen LogP) is 5.99. The zero-order valence-corrected chi connectivity index (χ0v) is 13.3. The number of unbranched alkanes of at least 4 members (excludes halogenated alkanes) is 1. The van der Waals surface area contributed by atoms with Crippen molar-refractivity contribution < 1.29 is 4.39 Å². The molecule has 0 heterocycles. The summed E-state index contributed by atoms with van der Waals surface area (Å²) in [5.41, 5.74) is 3.40. The fourth-order valence-corrected chi connectivity index (χ4v) is 2.45. The van der Waals surface area contributed by atoms with E-state index in [1.54, 1.807) is 12.1 Å². The number of halogens is 2. The quantitative estimate of drug-likeness (QED) is 0.690. The summed E-state index contributed by atoms with van der Waals surface area (Å²) in [6, 6.07) is 13.5. The molecule has 1 unspecified atom stereocenters. The molecule has 2 rings (SSSR count). The average Bonchev–Trinajstić information content (AvgIpc) is 2.49. The second kappa shape index (κ2) is 7.46. The highest BCUT2D eigenvalue weighted by Crippen LogP contribution is 2.24. The van der Waals surface area contributed by atoms with E-state index >= 15 is 0 Å². The molecule has 0 spiro atoms. The molecule has 0 amide bonds. The van der Waals surface area contributed by atoms with Crippen LogP contribution in [-0.4, -0.2) is 0 Å². The number of benzene rings is 2. The lowest BCUT2D eigenvalue weighted by atomic mass is 10.0. The molecule has 1 N–H and O–H groups in total. The Bertz CT molecular complexity index is 580. The first-order valence-electron chi connectivity index (χ1n) is 7.40. The molecule has 0 fully saturated rings. The lowest BCUT2D eigenvalue weighted by molar-refractivity contribution is 0.628. The summed E-state index contributed by atoms with van der Waals surface area (Å²) in [6.45, 7) is 4.28. The minimum absolute atomic E-state index is 0.141. The number of hydrogen-bond donors (Lipinski definition) is 1. The smallest absolute Gasteiger partial charge is 0.141 e. The summed E-state index contributed by atoms with van der Waals surface area (Å²) in [7, 11) is 0. The maximum atomic E-state index is 13.1. The van der Waals surface area contributed by atoms with E-state index in [9.17, 15) is 4.39 Å².